The van der Waals surface area contributed by atoms with Gasteiger partial charge >= 0.3 is 0 Å². The maximum atomic E-state index is 3.74. The molecule has 0 bridgehead atoms. The summed E-state index contributed by atoms with van der Waals surface area (Å²) in [5, 5.41) is 23.7. The maximum absolute atomic E-state index is 3.74. The number of benzene rings is 12. The Morgan fingerprint density at radius 1 is 0.211 bits per heavy atom. The lowest BCUT2D eigenvalue weighted by Gasteiger charge is -2.12. The van der Waals surface area contributed by atoms with E-state index < -0.39 is 0 Å². The third-order valence-corrected chi connectivity index (χ3v) is 13.7. The molecule has 270 valence electrons. The first-order valence-corrected chi connectivity index (χ1v) is 21.4. The van der Waals surface area contributed by atoms with Crippen LogP contribution in [0, 0.1) is 0 Å². The highest BCUT2D eigenvalue weighted by Crippen LogP contribution is 2.41. The smallest absolute Gasteiger partial charge is 0.0402 e. The van der Waals surface area contributed by atoms with Gasteiger partial charge in [-0.3, -0.25) is 0 Å². The van der Waals surface area contributed by atoms with Gasteiger partial charge in [-0.1, -0.05) is 198 Å². The first-order valence-electron chi connectivity index (χ1n) is 19.0. The molecule has 12 aromatic carbocycles. The number of hydrogen-bond acceptors (Lipinski definition) is 0. The summed E-state index contributed by atoms with van der Waals surface area (Å²) in [5.41, 5.74) is 0. The van der Waals surface area contributed by atoms with E-state index in [0.29, 0.717) is 0 Å². The molecule has 12 rings (SSSR count). The molecule has 0 saturated heterocycles. The molecule has 0 aromatic heterocycles. The van der Waals surface area contributed by atoms with Gasteiger partial charge in [0.1, 0.15) is 0 Å². The molecule has 0 amide bonds. The van der Waals surface area contributed by atoms with E-state index in [-0.39, 0.29) is 0 Å². The number of rotatable bonds is 0. The second kappa shape index (κ2) is 15.1. The molecule has 0 aliphatic rings. The topological polar surface area (TPSA) is 0 Å². The van der Waals surface area contributed by atoms with Gasteiger partial charge in [-0.15, -0.1) is 0 Å². The van der Waals surface area contributed by atoms with Crippen molar-refractivity contribution < 1.29 is 0 Å². The second-order valence-corrected chi connectivity index (χ2v) is 16.9. The highest BCUT2D eigenvalue weighted by atomic mass is 79.9. The summed E-state index contributed by atoms with van der Waals surface area (Å²) in [5.74, 6) is 0. The van der Waals surface area contributed by atoms with Crippen molar-refractivity contribution >= 4 is 145 Å². The molecule has 0 nitrogen and oxygen atoms in total. The van der Waals surface area contributed by atoms with E-state index in [4.69, 9.17) is 0 Å². The molecule has 0 N–H and O–H groups in total. The van der Waals surface area contributed by atoms with E-state index in [1.807, 2.05) is 0 Å². The highest BCUT2D eigenvalue weighted by Gasteiger charge is 2.12. The predicted octanol–water partition coefficient (Wildman–Crippen LogP) is 17.7. The fourth-order valence-electron chi connectivity index (χ4n) is 8.67. The molecule has 3 heteroatoms. The maximum Gasteiger partial charge on any atom is 0.0402 e. The summed E-state index contributed by atoms with van der Waals surface area (Å²) < 4.78 is 3.34. The first-order chi connectivity index (χ1) is 28.1. The van der Waals surface area contributed by atoms with Crippen molar-refractivity contribution in [2.24, 2.45) is 0 Å². The zero-order chi connectivity index (χ0) is 38.5. The van der Waals surface area contributed by atoms with Crippen molar-refractivity contribution in [1.82, 2.24) is 0 Å². The highest BCUT2D eigenvalue weighted by molar-refractivity contribution is 9.13. The lowest BCUT2D eigenvalue weighted by Crippen LogP contribution is -1.84. The molecule has 0 spiro atoms. The largest absolute Gasteiger partial charge is 0.0616 e. The third-order valence-electron chi connectivity index (χ3n) is 11.2. The quantitative estimate of drug-likeness (QED) is 0.133. The van der Waals surface area contributed by atoms with Crippen molar-refractivity contribution in [3.05, 3.63) is 214 Å². The molecule has 0 aliphatic heterocycles. The second-order valence-electron chi connectivity index (χ2n) is 14.3. The SMILES string of the molecule is Brc1ccc2c3ccccc3c3ccccc3c2c1.Brc1ccc2c3ccccc3c3ccccc3c2c1Br.c1ccc2c(c1)c1ccccc1c1ccccc21. The summed E-state index contributed by atoms with van der Waals surface area (Å²) in [7, 11) is 0. The van der Waals surface area contributed by atoms with Crippen molar-refractivity contribution in [1.29, 1.82) is 0 Å². The minimum atomic E-state index is 1.09. The van der Waals surface area contributed by atoms with Gasteiger partial charge in [0.05, 0.1) is 0 Å². The van der Waals surface area contributed by atoms with Gasteiger partial charge in [-0.05, 0) is 142 Å². The first kappa shape index (κ1) is 35.8. The monoisotopic (exact) mass is 918 g/mol. The molecule has 0 saturated carbocycles. The summed E-state index contributed by atoms with van der Waals surface area (Å²) >= 11 is 10.9. The van der Waals surface area contributed by atoms with Gasteiger partial charge in [0.25, 0.3) is 0 Å². The summed E-state index contributed by atoms with van der Waals surface area (Å²) in [6.07, 6.45) is 0. The van der Waals surface area contributed by atoms with Crippen LogP contribution in [0.15, 0.2) is 214 Å². The zero-order valence-corrected chi connectivity index (χ0v) is 35.4. The van der Waals surface area contributed by atoms with Gasteiger partial charge in [-0.2, -0.15) is 0 Å². The van der Waals surface area contributed by atoms with Crippen LogP contribution in [0.1, 0.15) is 0 Å². The number of fused-ring (bicyclic) bond motifs is 18. The van der Waals surface area contributed by atoms with Crippen LogP contribution in [0.2, 0.25) is 0 Å². The lowest BCUT2D eigenvalue weighted by atomic mass is 9.94. The molecule has 12 aromatic rings. The normalized spacial score (nSPS) is 11.4. The Kier molecular flexibility index (Phi) is 9.46. The molecule has 0 fully saturated rings. The standard InChI is InChI=1S/C18H10Br2.C18H11Br.C18H12/c19-16-10-9-15-13-7-2-1-5-11(13)12-6-3-4-8-14(12)17(15)18(16)20;19-12-9-10-17-15-7-2-1-5-13(15)14-6-3-4-8-16(14)18(17)11-12;1-2-8-14-13(7-1)15-9-3-4-11-17(15)18-12-6-5-10-16(14)18/h1-10H;1-11H;1-12H. The predicted molar refractivity (Wildman–Crippen MR) is 260 cm³/mol. The van der Waals surface area contributed by atoms with Crippen molar-refractivity contribution in [3.63, 3.8) is 0 Å². The molecule has 57 heavy (non-hydrogen) atoms. The van der Waals surface area contributed by atoms with Gasteiger partial charge in [-0.25, -0.2) is 0 Å². The van der Waals surface area contributed by atoms with Crippen LogP contribution >= 0.6 is 47.8 Å². The van der Waals surface area contributed by atoms with Gasteiger partial charge in [0.15, 0.2) is 0 Å². The summed E-state index contributed by atoms with van der Waals surface area (Å²) in [4.78, 5) is 0. The van der Waals surface area contributed by atoms with Crippen LogP contribution in [-0.2, 0) is 0 Å². The Hall–Kier alpha value is -5.58. The van der Waals surface area contributed by atoms with Crippen LogP contribution in [0.4, 0.5) is 0 Å². The average Bonchev–Trinajstić information content (AvgIpc) is 3.28. The van der Waals surface area contributed by atoms with Crippen LogP contribution in [-0.4, -0.2) is 0 Å². The summed E-state index contributed by atoms with van der Waals surface area (Å²) in [6.45, 7) is 0. The van der Waals surface area contributed by atoms with E-state index in [0.717, 1.165) is 13.4 Å². The van der Waals surface area contributed by atoms with E-state index >= 15 is 0 Å². The average molecular weight is 922 g/mol. The fourth-order valence-corrected chi connectivity index (χ4v) is 9.92. The Bertz CT molecular complexity index is 3220. The Balaban J connectivity index is 0.000000104. The van der Waals surface area contributed by atoms with Crippen molar-refractivity contribution in [2.75, 3.05) is 0 Å². The van der Waals surface area contributed by atoms with Gasteiger partial charge in [0, 0.05) is 18.8 Å². The van der Waals surface area contributed by atoms with Gasteiger partial charge < -0.3 is 0 Å². The third kappa shape index (κ3) is 6.26. The molecule has 0 atom stereocenters. The van der Waals surface area contributed by atoms with Crippen LogP contribution in [0.5, 0.6) is 0 Å². The minimum absolute atomic E-state index is 1.09. The molecule has 0 aliphatic carbocycles. The molecule has 0 unspecified atom stereocenters. The zero-order valence-electron chi connectivity index (χ0n) is 30.7. The van der Waals surface area contributed by atoms with Gasteiger partial charge in [0.2, 0.25) is 0 Å². The minimum Gasteiger partial charge on any atom is -0.0616 e. The molecular weight excluding hydrogens is 888 g/mol. The summed E-state index contributed by atoms with van der Waals surface area (Å²) in [6, 6.07) is 71.3. The van der Waals surface area contributed by atoms with E-state index in [1.165, 1.54) is 97.0 Å². The fraction of sp³-hybridized carbons (Fsp3) is 0. The van der Waals surface area contributed by atoms with Crippen molar-refractivity contribution in [3.8, 4) is 0 Å². The van der Waals surface area contributed by atoms with E-state index in [2.05, 4.69) is 248 Å². The van der Waals surface area contributed by atoms with Crippen LogP contribution in [0.25, 0.3) is 97.0 Å². The molecular formula is C54H33Br3. The number of halogens is 3. The van der Waals surface area contributed by atoms with Crippen molar-refractivity contribution in [2.45, 2.75) is 0 Å². The Morgan fingerprint density at radius 2 is 0.439 bits per heavy atom. The van der Waals surface area contributed by atoms with Crippen LogP contribution in [0.3, 0.4) is 0 Å². The van der Waals surface area contributed by atoms with Crippen LogP contribution < -0.4 is 0 Å². The van der Waals surface area contributed by atoms with E-state index in [9.17, 15) is 0 Å². The van der Waals surface area contributed by atoms with E-state index in [1.54, 1.807) is 0 Å². The Labute approximate surface area is 355 Å². The Morgan fingerprint density at radius 3 is 0.772 bits per heavy atom. The number of hydrogen-bond donors (Lipinski definition) is 0. The molecule has 0 heterocycles. The lowest BCUT2D eigenvalue weighted by molar-refractivity contribution is 1.68. The molecule has 0 radical (unpaired) electrons.